The molecule has 36 heavy (non-hydrogen) atoms. The Kier molecular flexibility index (Phi) is 8.33. The number of oxime groups is 1. The summed E-state index contributed by atoms with van der Waals surface area (Å²) in [5.41, 5.74) is 0.842. The molecule has 0 radical (unpaired) electrons. The maximum atomic E-state index is 12.9. The monoisotopic (exact) mass is 529 g/mol. The number of aryl methyl sites for hydroxylation is 1. The van der Waals surface area contributed by atoms with E-state index in [1.54, 1.807) is 49.4 Å². The zero-order valence-corrected chi connectivity index (χ0v) is 21.0. The Balaban J connectivity index is 1.80. The molecule has 3 aromatic carbocycles. The fourth-order valence-electron chi connectivity index (χ4n) is 3.42. The van der Waals surface area contributed by atoms with Crippen LogP contribution in [0.15, 0.2) is 76.8 Å². The van der Waals surface area contributed by atoms with E-state index in [-0.39, 0.29) is 33.4 Å². The molecule has 0 aromatic heterocycles. The van der Waals surface area contributed by atoms with Gasteiger partial charge in [-0.1, -0.05) is 71.7 Å². The first-order valence-corrected chi connectivity index (χ1v) is 12.7. The molecule has 0 saturated carbocycles. The van der Waals surface area contributed by atoms with Crippen molar-refractivity contribution in [2.75, 3.05) is 10.6 Å². The van der Waals surface area contributed by atoms with Gasteiger partial charge in [-0.05, 0) is 31.5 Å². The fourth-order valence-corrected chi connectivity index (χ4v) is 5.27. The minimum atomic E-state index is -3.97. The molecule has 9 nitrogen and oxygen atoms in total. The van der Waals surface area contributed by atoms with Crippen molar-refractivity contribution in [2.45, 2.75) is 30.4 Å². The molecule has 1 unspecified atom stereocenters. The molecule has 188 valence electrons. The van der Waals surface area contributed by atoms with Gasteiger partial charge < -0.3 is 20.9 Å². The summed E-state index contributed by atoms with van der Waals surface area (Å²) in [5.74, 6) is -2.10. The standard InChI is InChI=1S/C25H24ClN3O6S/c1-3-22(36(34,35)17-7-5-4-6-8-17)24(31)27-19-14-21(30)20(13-18(19)26)28-25(32)23(29-33)16-11-9-15(2)10-12-16/h4-14,22,30,33H,3H2,1-2H3,(H,27,31)(H,28,32). The van der Waals surface area contributed by atoms with Crippen molar-refractivity contribution in [3.8, 4) is 5.75 Å². The Hall–Kier alpha value is -3.89. The zero-order valence-electron chi connectivity index (χ0n) is 19.4. The molecule has 0 saturated heterocycles. The molecule has 2 amide bonds. The smallest absolute Gasteiger partial charge is 0.278 e. The third-order valence-electron chi connectivity index (χ3n) is 5.34. The summed E-state index contributed by atoms with van der Waals surface area (Å²) in [6.45, 7) is 3.43. The lowest BCUT2D eigenvalue weighted by Gasteiger charge is -2.17. The average Bonchev–Trinajstić information content (AvgIpc) is 2.84. The molecular formula is C25H24ClN3O6S. The van der Waals surface area contributed by atoms with E-state index in [0.717, 1.165) is 11.6 Å². The number of halogens is 1. The highest BCUT2D eigenvalue weighted by Gasteiger charge is 2.33. The number of anilines is 2. The quantitative estimate of drug-likeness (QED) is 0.148. The number of amides is 2. The van der Waals surface area contributed by atoms with Gasteiger partial charge in [-0.15, -0.1) is 0 Å². The van der Waals surface area contributed by atoms with Crippen molar-refractivity contribution in [2.24, 2.45) is 5.16 Å². The normalized spacial score (nSPS) is 12.6. The summed E-state index contributed by atoms with van der Waals surface area (Å²) in [6.07, 6.45) is 0.00306. The molecule has 3 aromatic rings. The van der Waals surface area contributed by atoms with Crippen LogP contribution in [0.25, 0.3) is 0 Å². The minimum Gasteiger partial charge on any atom is -0.506 e. The van der Waals surface area contributed by atoms with Crippen molar-refractivity contribution in [1.82, 2.24) is 0 Å². The summed E-state index contributed by atoms with van der Waals surface area (Å²) in [6, 6.07) is 16.5. The molecule has 4 N–H and O–H groups in total. The second kappa shape index (κ2) is 11.2. The van der Waals surface area contributed by atoms with E-state index in [4.69, 9.17) is 11.6 Å². The van der Waals surface area contributed by atoms with Crippen molar-refractivity contribution >= 4 is 50.3 Å². The van der Waals surface area contributed by atoms with E-state index >= 15 is 0 Å². The number of phenolic OH excluding ortho intramolecular Hbond substituents is 1. The van der Waals surface area contributed by atoms with Crippen LogP contribution in [0.4, 0.5) is 11.4 Å². The number of hydrogen-bond donors (Lipinski definition) is 4. The van der Waals surface area contributed by atoms with Crippen LogP contribution in [-0.2, 0) is 19.4 Å². The van der Waals surface area contributed by atoms with Crippen LogP contribution in [0, 0.1) is 6.92 Å². The fraction of sp³-hybridized carbons (Fsp3) is 0.160. The SMILES string of the molecule is CCC(C(=O)Nc1cc(O)c(NC(=O)C(=NO)c2ccc(C)cc2)cc1Cl)S(=O)(=O)c1ccccc1. The van der Waals surface area contributed by atoms with Crippen LogP contribution in [0.2, 0.25) is 5.02 Å². The lowest BCUT2D eigenvalue weighted by molar-refractivity contribution is -0.116. The number of nitrogens with zero attached hydrogens (tertiary/aromatic N) is 1. The predicted molar refractivity (Wildman–Crippen MR) is 138 cm³/mol. The lowest BCUT2D eigenvalue weighted by atomic mass is 10.1. The van der Waals surface area contributed by atoms with Gasteiger partial charge in [-0.3, -0.25) is 9.59 Å². The Morgan fingerprint density at radius 3 is 2.22 bits per heavy atom. The Labute approximate surface area is 213 Å². The van der Waals surface area contributed by atoms with Gasteiger partial charge in [-0.2, -0.15) is 0 Å². The Morgan fingerprint density at radius 1 is 1.00 bits per heavy atom. The van der Waals surface area contributed by atoms with E-state index in [1.165, 1.54) is 18.2 Å². The van der Waals surface area contributed by atoms with Gasteiger partial charge in [0.2, 0.25) is 5.91 Å². The number of carbonyl (C=O) groups is 2. The highest BCUT2D eigenvalue weighted by Crippen LogP contribution is 2.34. The van der Waals surface area contributed by atoms with Crippen LogP contribution in [-0.4, -0.2) is 41.5 Å². The van der Waals surface area contributed by atoms with E-state index < -0.39 is 32.7 Å². The van der Waals surface area contributed by atoms with Gasteiger partial charge >= 0.3 is 0 Å². The number of aromatic hydroxyl groups is 1. The van der Waals surface area contributed by atoms with Crippen molar-refractivity contribution in [3.05, 3.63) is 82.9 Å². The average molecular weight is 530 g/mol. The van der Waals surface area contributed by atoms with Gasteiger partial charge in [0.25, 0.3) is 5.91 Å². The molecule has 0 aliphatic heterocycles. The van der Waals surface area contributed by atoms with Crippen LogP contribution in [0.1, 0.15) is 24.5 Å². The maximum Gasteiger partial charge on any atom is 0.278 e. The van der Waals surface area contributed by atoms with Crippen LogP contribution in [0.3, 0.4) is 0 Å². The van der Waals surface area contributed by atoms with Gasteiger partial charge in [0.1, 0.15) is 11.0 Å². The van der Waals surface area contributed by atoms with E-state index in [0.29, 0.717) is 5.56 Å². The molecule has 1 atom stereocenters. The third kappa shape index (κ3) is 5.84. The second-order valence-corrected chi connectivity index (χ2v) is 10.4. The first-order valence-electron chi connectivity index (χ1n) is 10.8. The third-order valence-corrected chi connectivity index (χ3v) is 7.88. The number of sulfone groups is 1. The van der Waals surface area contributed by atoms with E-state index in [2.05, 4.69) is 15.8 Å². The second-order valence-electron chi connectivity index (χ2n) is 7.86. The van der Waals surface area contributed by atoms with Crippen LogP contribution in [0.5, 0.6) is 5.75 Å². The number of hydrogen-bond acceptors (Lipinski definition) is 7. The van der Waals surface area contributed by atoms with E-state index in [9.17, 15) is 28.3 Å². The number of nitrogens with one attached hydrogen (secondary N) is 2. The number of phenols is 1. The number of benzene rings is 3. The zero-order chi connectivity index (χ0) is 26.5. The molecule has 0 aliphatic rings. The van der Waals surface area contributed by atoms with Crippen molar-refractivity contribution < 1.29 is 28.3 Å². The molecular weight excluding hydrogens is 506 g/mol. The van der Waals surface area contributed by atoms with E-state index in [1.807, 2.05) is 6.92 Å². The molecule has 0 spiro atoms. The highest BCUT2D eigenvalue weighted by molar-refractivity contribution is 7.92. The van der Waals surface area contributed by atoms with Crippen LogP contribution >= 0.6 is 11.6 Å². The topological polar surface area (TPSA) is 145 Å². The molecule has 3 rings (SSSR count). The first-order chi connectivity index (χ1) is 17.1. The van der Waals surface area contributed by atoms with Gasteiger partial charge in [0, 0.05) is 11.6 Å². The Morgan fingerprint density at radius 2 is 1.64 bits per heavy atom. The first kappa shape index (κ1) is 26.7. The predicted octanol–water partition coefficient (Wildman–Crippen LogP) is 4.36. The highest BCUT2D eigenvalue weighted by atomic mass is 35.5. The number of carbonyl (C=O) groups excluding carboxylic acids is 2. The van der Waals surface area contributed by atoms with Crippen molar-refractivity contribution in [3.63, 3.8) is 0 Å². The molecule has 11 heteroatoms. The van der Waals surface area contributed by atoms with Gasteiger partial charge in [-0.25, -0.2) is 8.42 Å². The van der Waals surface area contributed by atoms with Crippen molar-refractivity contribution in [1.29, 1.82) is 0 Å². The van der Waals surface area contributed by atoms with Gasteiger partial charge in [0.05, 0.1) is 21.3 Å². The molecule has 0 heterocycles. The summed E-state index contributed by atoms with van der Waals surface area (Å²) < 4.78 is 25.9. The minimum absolute atomic E-state index is 0.00306. The summed E-state index contributed by atoms with van der Waals surface area (Å²) in [4.78, 5) is 25.5. The molecule has 0 bridgehead atoms. The van der Waals surface area contributed by atoms with Crippen LogP contribution < -0.4 is 10.6 Å². The summed E-state index contributed by atoms with van der Waals surface area (Å²) >= 11 is 6.25. The number of rotatable bonds is 8. The maximum absolute atomic E-state index is 12.9. The Bertz CT molecular complexity index is 1410. The summed E-state index contributed by atoms with van der Waals surface area (Å²) in [5, 5.41) is 26.2. The molecule has 0 fully saturated rings. The largest absolute Gasteiger partial charge is 0.506 e. The molecule has 0 aliphatic carbocycles. The lowest BCUT2D eigenvalue weighted by Crippen LogP contribution is -2.34. The van der Waals surface area contributed by atoms with Gasteiger partial charge in [0.15, 0.2) is 15.5 Å². The summed E-state index contributed by atoms with van der Waals surface area (Å²) in [7, 11) is -3.97.